The molecule has 0 bridgehead atoms. The van der Waals surface area contributed by atoms with Crippen molar-refractivity contribution in [3.05, 3.63) is 59.6 Å². The van der Waals surface area contributed by atoms with Crippen molar-refractivity contribution in [2.75, 3.05) is 5.32 Å². The van der Waals surface area contributed by atoms with Gasteiger partial charge in [-0.05, 0) is 41.8 Å². The summed E-state index contributed by atoms with van der Waals surface area (Å²) in [6.45, 7) is 4.21. The van der Waals surface area contributed by atoms with Gasteiger partial charge in [-0.25, -0.2) is 4.98 Å². The highest BCUT2D eigenvalue weighted by Crippen LogP contribution is 2.24. The van der Waals surface area contributed by atoms with Gasteiger partial charge in [-0.1, -0.05) is 44.2 Å². The summed E-state index contributed by atoms with van der Waals surface area (Å²) < 4.78 is 0. The first-order valence-corrected chi connectivity index (χ1v) is 9.19. The number of hydrogen-bond donors (Lipinski definition) is 1. The van der Waals surface area contributed by atoms with E-state index in [1.165, 1.54) is 5.56 Å². The molecule has 2 aromatic heterocycles. The van der Waals surface area contributed by atoms with E-state index in [4.69, 9.17) is 0 Å². The highest BCUT2D eigenvalue weighted by molar-refractivity contribution is 7.16. The van der Waals surface area contributed by atoms with Crippen LogP contribution in [-0.2, 0) is 11.2 Å². The lowest BCUT2D eigenvalue weighted by molar-refractivity contribution is -0.121. The van der Waals surface area contributed by atoms with Crippen molar-refractivity contribution in [2.45, 2.75) is 26.7 Å². The Hall–Kier alpha value is -2.20. The van der Waals surface area contributed by atoms with Gasteiger partial charge >= 0.3 is 0 Å². The number of carbonyl (C=O) groups is 1. The lowest BCUT2D eigenvalue weighted by Crippen LogP contribution is -2.27. The summed E-state index contributed by atoms with van der Waals surface area (Å²) in [5.41, 5.74) is 2.05. The molecule has 0 spiro atoms. The third-order valence-corrected chi connectivity index (χ3v) is 5.14. The molecule has 3 aromatic rings. The summed E-state index contributed by atoms with van der Waals surface area (Å²) in [5.74, 6) is 0.368. The van der Waals surface area contributed by atoms with Crippen molar-refractivity contribution in [2.24, 2.45) is 11.8 Å². The molecule has 2 heterocycles. The molecular weight excluding hydrogens is 316 g/mol. The molecular formula is C20H22N2OS. The standard InChI is InChI=1S/C20H22N2OS/c1-14(2)18(9-8-15-6-4-3-5-7-15)19(23)22-17-12-16-10-11-24-20(16)21-13-17/h3-7,10-14,18H,8-9H2,1-2H3,(H,22,23). The van der Waals surface area contributed by atoms with Crippen LogP contribution in [0.3, 0.4) is 0 Å². The largest absolute Gasteiger partial charge is 0.324 e. The minimum Gasteiger partial charge on any atom is -0.324 e. The lowest BCUT2D eigenvalue weighted by Gasteiger charge is -2.20. The monoisotopic (exact) mass is 338 g/mol. The van der Waals surface area contributed by atoms with Crippen LogP contribution in [0, 0.1) is 11.8 Å². The fourth-order valence-electron chi connectivity index (χ4n) is 2.90. The second-order valence-electron chi connectivity index (χ2n) is 6.40. The third-order valence-electron chi connectivity index (χ3n) is 4.30. The van der Waals surface area contributed by atoms with Crippen molar-refractivity contribution >= 4 is 33.1 Å². The van der Waals surface area contributed by atoms with E-state index in [0.717, 1.165) is 28.7 Å². The van der Waals surface area contributed by atoms with Gasteiger partial charge in [-0.2, -0.15) is 0 Å². The van der Waals surface area contributed by atoms with Gasteiger partial charge in [-0.15, -0.1) is 11.3 Å². The first-order chi connectivity index (χ1) is 11.6. The van der Waals surface area contributed by atoms with Crippen LogP contribution >= 0.6 is 11.3 Å². The Bertz CT molecular complexity index is 811. The van der Waals surface area contributed by atoms with Gasteiger partial charge in [0, 0.05) is 11.3 Å². The van der Waals surface area contributed by atoms with Gasteiger partial charge in [0.1, 0.15) is 4.83 Å². The number of nitrogens with one attached hydrogen (secondary N) is 1. The number of carbonyl (C=O) groups excluding carboxylic acids is 1. The molecule has 0 saturated heterocycles. The Balaban J connectivity index is 1.67. The first kappa shape index (κ1) is 16.7. The predicted molar refractivity (Wildman–Crippen MR) is 101 cm³/mol. The van der Waals surface area contributed by atoms with Crippen LogP contribution in [0.5, 0.6) is 0 Å². The van der Waals surface area contributed by atoms with E-state index in [9.17, 15) is 4.79 Å². The SMILES string of the molecule is CC(C)C(CCc1ccccc1)C(=O)Nc1cnc2sccc2c1. The van der Waals surface area contributed by atoms with Crippen LogP contribution in [0.25, 0.3) is 10.2 Å². The normalized spacial score (nSPS) is 12.5. The fourth-order valence-corrected chi connectivity index (χ4v) is 3.62. The molecule has 3 rings (SSSR count). The minimum absolute atomic E-state index is 0.0108. The highest BCUT2D eigenvalue weighted by atomic mass is 32.1. The number of anilines is 1. The summed E-state index contributed by atoms with van der Waals surface area (Å²) >= 11 is 1.61. The molecule has 1 unspecified atom stereocenters. The quantitative estimate of drug-likeness (QED) is 0.676. The Kier molecular flexibility index (Phi) is 5.26. The Morgan fingerprint density at radius 1 is 1.21 bits per heavy atom. The summed E-state index contributed by atoms with van der Waals surface area (Å²) in [6.07, 6.45) is 3.51. The van der Waals surface area contributed by atoms with Crippen molar-refractivity contribution in [3.8, 4) is 0 Å². The van der Waals surface area contributed by atoms with Gasteiger partial charge in [0.15, 0.2) is 0 Å². The molecule has 3 nitrogen and oxygen atoms in total. The zero-order valence-electron chi connectivity index (χ0n) is 14.0. The van der Waals surface area contributed by atoms with Crippen LogP contribution in [0.2, 0.25) is 0 Å². The molecule has 1 atom stereocenters. The minimum atomic E-state index is -0.0108. The van der Waals surface area contributed by atoms with Crippen molar-refractivity contribution in [1.29, 1.82) is 0 Å². The van der Waals surface area contributed by atoms with Crippen LogP contribution in [0.15, 0.2) is 54.0 Å². The van der Waals surface area contributed by atoms with E-state index < -0.39 is 0 Å². The molecule has 1 amide bonds. The van der Waals surface area contributed by atoms with Crippen molar-refractivity contribution in [3.63, 3.8) is 0 Å². The maximum Gasteiger partial charge on any atom is 0.227 e. The molecule has 0 saturated carbocycles. The molecule has 1 aromatic carbocycles. The molecule has 0 aliphatic heterocycles. The van der Waals surface area contributed by atoms with Crippen molar-refractivity contribution in [1.82, 2.24) is 4.98 Å². The molecule has 0 aliphatic carbocycles. The van der Waals surface area contributed by atoms with Crippen LogP contribution in [0.1, 0.15) is 25.8 Å². The maximum absolute atomic E-state index is 12.7. The van der Waals surface area contributed by atoms with Gasteiger partial charge < -0.3 is 5.32 Å². The van der Waals surface area contributed by atoms with Crippen molar-refractivity contribution < 1.29 is 4.79 Å². The molecule has 0 fully saturated rings. The average Bonchev–Trinajstić information content (AvgIpc) is 3.03. The number of rotatable bonds is 6. The number of fused-ring (bicyclic) bond motifs is 1. The average molecular weight is 338 g/mol. The van der Waals surface area contributed by atoms with E-state index in [0.29, 0.717) is 5.92 Å². The molecule has 1 N–H and O–H groups in total. The topological polar surface area (TPSA) is 42.0 Å². The second kappa shape index (κ2) is 7.58. The summed E-state index contributed by atoms with van der Waals surface area (Å²) in [7, 11) is 0. The Morgan fingerprint density at radius 2 is 2.00 bits per heavy atom. The summed E-state index contributed by atoms with van der Waals surface area (Å²) in [6, 6.07) is 14.4. The zero-order chi connectivity index (χ0) is 16.9. The van der Waals surface area contributed by atoms with Crippen LogP contribution in [0.4, 0.5) is 5.69 Å². The Labute approximate surface area is 146 Å². The number of amides is 1. The molecule has 4 heteroatoms. The number of nitrogens with zero attached hydrogens (tertiary/aromatic N) is 1. The maximum atomic E-state index is 12.7. The predicted octanol–water partition coefficient (Wildman–Crippen LogP) is 5.14. The van der Waals surface area contributed by atoms with E-state index in [-0.39, 0.29) is 11.8 Å². The zero-order valence-corrected chi connectivity index (χ0v) is 14.8. The highest BCUT2D eigenvalue weighted by Gasteiger charge is 2.22. The molecule has 0 radical (unpaired) electrons. The lowest BCUT2D eigenvalue weighted by atomic mass is 9.88. The van der Waals surface area contributed by atoms with Crippen LogP contribution < -0.4 is 5.32 Å². The van der Waals surface area contributed by atoms with E-state index in [1.54, 1.807) is 17.5 Å². The second-order valence-corrected chi connectivity index (χ2v) is 7.30. The summed E-state index contributed by atoms with van der Waals surface area (Å²) in [4.78, 5) is 18.1. The van der Waals surface area contributed by atoms with E-state index >= 15 is 0 Å². The van der Waals surface area contributed by atoms with Gasteiger partial charge in [0.25, 0.3) is 0 Å². The third kappa shape index (κ3) is 4.01. The Morgan fingerprint density at radius 3 is 2.75 bits per heavy atom. The molecule has 24 heavy (non-hydrogen) atoms. The molecule has 0 aliphatic rings. The van der Waals surface area contributed by atoms with Crippen LogP contribution in [-0.4, -0.2) is 10.9 Å². The number of pyridine rings is 1. The number of hydrogen-bond acceptors (Lipinski definition) is 3. The van der Waals surface area contributed by atoms with E-state index in [1.807, 2.05) is 35.7 Å². The number of thiophene rings is 1. The van der Waals surface area contributed by atoms with Gasteiger partial charge in [-0.3, -0.25) is 4.79 Å². The van der Waals surface area contributed by atoms with Gasteiger partial charge in [0.05, 0.1) is 11.9 Å². The van der Waals surface area contributed by atoms with E-state index in [2.05, 4.69) is 36.3 Å². The first-order valence-electron chi connectivity index (χ1n) is 8.31. The number of aromatic nitrogens is 1. The van der Waals surface area contributed by atoms with Gasteiger partial charge in [0.2, 0.25) is 5.91 Å². The number of benzene rings is 1. The number of aryl methyl sites for hydroxylation is 1. The fraction of sp³-hybridized carbons (Fsp3) is 0.300. The molecule has 124 valence electrons. The summed E-state index contributed by atoms with van der Waals surface area (Å²) in [5, 5.41) is 6.13. The smallest absolute Gasteiger partial charge is 0.227 e.